The zero-order chi connectivity index (χ0) is 18.7. The first-order valence-corrected chi connectivity index (χ1v) is 9.06. The largest absolute Gasteiger partial charge is 0.481 e. The molecular formula is C17H17N3O5S. The summed E-state index contributed by atoms with van der Waals surface area (Å²) in [4.78, 5) is 37.8. The van der Waals surface area contributed by atoms with E-state index < -0.39 is 10.9 Å². The Balaban J connectivity index is 1.61. The molecule has 1 saturated carbocycles. The summed E-state index contributed by atoms with van der Waals surface area (Å²) in [6.07, 6.45) is 2.40. The number of aromatic nitrogens is 1. The van der Waals surface area contributed by atoms with Gasteiger partial charge in [-0.1, -0.05) is 0 Å². The van der Waals surface area contributed by atoms with Crippen LogP contribution in [-0.4, -0.2) is 32.9 Å². The number of hydrogen-bond acceptors (Lipinski definition) is 6. The normalized spacial score (nSPS) is 19.7. The molecule has 3 rings (SSSR count). The number of carbonyl (C=O) groups is 2. The number of aliphatic carboxylic acids is 1. The van der Waals surface area contributed by atoms with Crippen molar-refractivity contribution in [1.29, 1.82) is 0 Å². The maximum atomic E-state index is 12.3. The molecule has 1 aliphatic carbocycles. The number of benzene rings is 1. The molecule has 136 valence electrons. The van der Waals surface area contributed by atoms with Gasteiger partial charge in [0.25, 0.3) is 11.6 Å². The Bertz CT molecular complexity index is 825. The van der Waals surface area contributed by atoms with Crippen molar-refractivity contribution in [2.24, 2.45) is 5.92 Å². The van der Waals surface area contributed by atoms with Crippen LogP contribution in [0.1, 0.15) is 36.2 Å². The van der Waals surface area contributed by atoms with E-state index in [1.54, 1.807) is 17.5 Å². The molecule has 1 heterocycles. The molecule has 0 spiro atoms. The van der Waals surface area contributed by atoms with Gasteiger partial charge < -0.3 is 10.4 Å². The number of amides is 1. The Kier molecular flexibility index (Phi) is 5.27. The monoisotopic (exact) mass is 375 g/mol. The van der Waals surface area contributed by atoms with Gasteiger partial charge in [-0.3, -0.25) is 19.7 Å². The van der Waals surface area contributed by atoms with Gasteiger partial charge in [0.2, 0.25) is 0 Å². The Labute approximate surface area is 153 Å². The number of rotatable bonds is 5. The van der Waals surface area contributed by atoms with E-state index in [4.69, 9.17) is 5.11 Å². The molecule has 0 bridgehead atoms. The van der Waals surface area contributed by atoms with Crippen molar-refractivity contribution in [3.63, 3.8) is 0 Å². The highest BCUT2D eigenvalue weighted by Crippen LogP contribution is 2.27. The second-order valence-electron chi connectivity index (χ2n) is 6.20. The number of nitrogens with one attached hydrogen (secondary N) is 1. The number of carboxylic acid groups (broad SMARTS) is 1. The summed E-state index contributed by atoms with van der Waals surface area (Å²) in [5.74, 6) is -1.38. The second-order valence-corrected chi connectivity index (χ2v) is 7.06. The van der Waals surface area contributed by atoms with Crippen molar-refractivity contribution >= 4 is 28.9 Å². The quantitative estimate of drug-likeness (QED) is 0.611. The summed E-state index contributed by atoms with van der Waals surface area (Å²) >= 11 is 1.29. The Morgan fingerprint density at radius 1 is 1.19 bits per heavy atom. The van der Waals surface area contributed by atoms with Gasteiger partial charge in [0.05, 0.1) is 10.8 Å². The summed E-state index contributed by atoms with van der Waals surface area (Å²) < 4.78 is 0. The number of carbonyl (C=O) groups excluding carboxylic acids is 1. The molecule has 26 heavy (non-hydrogen) atoms. The first-order valence-electron chi connectivity index (χ1n) is 8.18. The zero-order valence-electron chi connectivity index (χ0n) is 13.8. The van der Waals surface area contributed by atoms with E-state index in [9.17, 15) is 19.7 Å². The number of nitro groups is 1. The average molecular weight is 375 g/mol. The molecule has 0 aliphatic heterocycles. The van der Waals surface area contributed by atoms with Crippen LogP contribution in [-0.2, 0) is 4.79 Å². The van der Waals surface area contributed by atoms with E-state index in [1.165, 1.54) is 23.5 Å². The van der Waals surface area contributed by atoms with Crippen molar-refractivity contribution in [2.45, 2.75) is 31.7 Å². The lowest BCUT2D eigenvalue weighted by molar-refractivity contribution is -0.384. The van der Waals surface area contributed by atoms with E-state index in [-0.39, 0.29) is 23.6 Å². The molecule has 0 radical (unpaired) electrons. The number of nitro benzene ring substituents is 1. The number of hydrogen-bond donors (Lipinski definition) is 2. The Hall–Kier alpha value is -2.81. The Morgan fingerprint density at radius 2 is 1.85 bits per heavy atom. The highest BCUT2D eigenvalue weighted by atomic mass is 32.1. The van der Waals surface area contributed by atoms with Crippen molar-refractivity contribution in [3.05, 3.63) is 45.5 Å². The summed E-state index contributed by atoms with van der Waals surface area (Å²) in [7, 11) is 0. The molecule has 9 heteroatoms. The van der Waals surface area contributed by atoms with E-state index in [2.05, 4.69) is 10.3 Å². The lowest BCUT2D eigenvalue weighted by Crippen LogP contribution is -2.38. The summed E-state index contributed by atoms with van der Waals surface area (Å²) in [5, 5.41) is 24.9. The molecule has 1 aromatic carbocycles. The van der Waals surface area contributed by atoms with Crippen LogP contribution in [0, 0.1) is 16.0 Å². The molecule has 0 unspecified atom stereocenters. The summed E-state index contributed by atoms with van der Waals surface area (Å²) in [5.41, 5.74) is 1.01. The maximum Gasteiger partial charge on any atom is 0.306 e. The molecule has 1 aromatic heterocycles. The van der Waals surface area contributed by atoms with E-state index >= 15 is 0 Å². The minimum Gasteiger partial charge on any atom is -0.481 e. The second kappa shape index (κ2) is 7.61. The van der Waals surface area contributed by atoms with Gasteiger partial charge in [-0.15, -0.1) is 11.3 Å². The topological polar surface area (TPSA) is 122 Å². The van der Waals surface area contributed by atoms with E-state index in [1.807, 2.05) is 0 Å². The van der Waals surface area contributed by atoms with E-state index in [0.29, 0.717) is 41.9 Å². The zero-order valence-corrected chi connectivity index (χ0v) is 14.6. The Morgan fingerprint density at radius 3 is 2.42 bits per heavy atom. The number of nitrogens with zero attached hydrogens (tertiary/aromatic N) is 2. The molecule has 1 amide bonds. The van der Waals surface area contributed by atoms with Crippen LogP contribution in [0.2, 0.25) is 0 Å². The van der Waals surface area contributed by atoms with Crippen LogP contribution in [0.4, 0.5) is 5.69 Å². The number of carboxylic acids is 1. The van der Waals surface area contributed by atoms with Gasteiger partial charge in [-0.25, -0.2) is 4.98 Å². The van der Waals surface area contributed by atoms with Crippen LogP contribution < -0.4 is 5.32 Å². The molecule has 0 atom stereocenters. The standard InChI is InChI=1S/C17H17N3O5S/c21-15(18-12-5-1-11(2-6-12)17(22)23)14-9-26-16(19-14)10-3-7-13(8-4-10)20(24)25/h3-4,7-9,11-12H,1-2,5-6H2,(H,18,21)(H,22,23). The smallest absolute Gasteiger partial charge is 0.306 e. The van der Waals surface area contributed by atoms with Crippen LogP contribution in [0.15, 0.2) is 29.6 Å². The fourth-order valence-corrected chi connectivity index (χ4v) is 3.79. The highest BCUT2D eigenvalue weighted by Gasteiger charge is 2.27. The lowest BCUT2D eigenvalue weighted by Gasteiger charge is -2.26. The number of non-ortho nitro benzene ring substituents is 1. The van der Waals surface area contributed by atoms with Crippen LogP contribution >= 0.6 is 11.3 Å². The first-order chi connectivity index (χ1) is 12.4. The molecule has 0 saturated heterocycles. The van der Waals surface area contributed by atoms with E-state index in [0.717, 1.165) is 0 Å². The molecule has 1 aliphatic rings. The van der Waals surface area contributed by atoms with Crippen LogP contribution in [0.25, 0.3) is 10.6 Å². The lowest BCUT2D eigenvalue weighted by atomic mass is 9.86. The molecule has 2 N–H and O–H groups in total. The molecule has 8 nitrogen and oxygen atoms in total. The van der Waals surface area contributed by atoms with Gasteiger partial charge in [-0.05, 0) is 37.8 Å². The molecule has 1 fully saturated rings. The third-order valence-corrected chi connectivity index (χ3v) is 5.36. The van der Waals surface area contributed by atoms with Crippen LogP contribution in [0.3, 0.4) is 0 Å². The van der Waals surface area contributed by atoms with Gasteiger partial charge >= 0.3 is 5.97 Å². The van der Waals surface area contributed by atoms with Gasteiger partial charge in [0.1, 0.15) is 10.7 Å². The van der Waals surface area contributed by atoms with Crippen LogP contribution in [0.5, 0.6) is 0 Å². The minimum absolute atomic E-state index is 0.000219. The summed E-state index contributed by atoms with van der Waals surface area (Å²) in [6, 6.07) is 5.97. The highest BCUT2D eigenvalue weighted by molar-refractivity contribution is 7.13. The van der Waals surface area contributed by atoms with Crippen molar-refractivity contribution in [2.75, 3.05) is 0 Å². The fourth-order valence-electron chi connectivity index (χ4n) is 2.98. The van der Waals surface area contributed by atoms with Gasteiger partial charge in [0, 0.05) is 29.1 Å². The number of thiazole rings is 1. The third kappa shape index (κ3) is 4.05. The maximum absolute atomic E-state index is 12.3. The fraction of sp³-hybridized carbons (Fsp3) is 0.353. The van der Waals surface area contributed by atoms with Gasteiger partial charge in [0.15, 0.2) is 0 Å². The van der Waals surface area contributed by atoms with Crippen molar-refractivity contribution < 1.29 is 19.6 Å². The predicted molar refractivity (Wildman–Crippen MR) is 95.1 cm³/mol. The first kappa shape index (κ1) is 18.0. The molecule has 2 aromatic rings. The SMILES string of the molecule is O=C(NC1CCC(C(=O)O)CC1)c1csc(-c2ccc([N+](=O)[O-])cc2)n1. The minimum atomic E-state index is -0.776. The predicted octanol–water partition coefficient (Wildman–Crippen LogP) is 3.09. The summed E-state index contributed by atoms with van der Waals surface area (Å²) in [6.45, 7) is 0. The molecular weight excluding hydrogens is 358 g/mol. The van der Waals surface area contributed by atoms with Crippen molar-refractivity contribution in [3.8, 4) is 10.6 Å². The van der Waals surface area contributed by atoms with Gasteiger partial charge in [-0.2, -0.15) is 0 Å². The van der Waals surface area contributed by atoms with Crippen molar-refractivity contribution in [1.82, 2.24) is 10.3 Å². The average Bonchev–Trinajstić information content (AvgIpc) is 3.12. The third-order valence-electron chi connectivity index (χ3n) is 4.47.